The van der Waals surface area contributed by atoms with Gasteiger partial charge in [-0.3, -0.25) is 9.59 Å². The molecule has 1 N–H and O–H groups in total. The van der Waals surface area contributed by atoms with Crippen LogP contribution in [-0.2, 0) is 4.79 Å². The fourth-order valence-electron chi connectivity index (χ4n) is 2.75. The molecule has 0 unspecified atom stereocenters. The standard InChI is InChI=1S/C17H18N2O2/c1-4-19-14-9-8-13(18-16(20)10(2)3)11-6-5-7-12(15(11)14)17(19)21/h5-10H,4H2,1-3H3,(H,18,20). The molecule has 0 fully saturated rings. The Labute approximate surface area is 123 Å². The number of nitrogens with zero attached hydrogens (tertiary/aromatic N) is 1. The van der Waals surface area contributed by atoms with Crippen LogP contribution in [0.4, 0.5) is 11.4 Å². The number of hydrogen-bond donors (Lipinski definition) is 1. The lowest BCUT2D eigenvalue weighted by Crippen LogP contribution is -2.25. The molecule has 0 aliphatic carbocycles. The Morgan fingerprint density at radius 3 is 2.67 bits per heavy atom. The van der Waals surface area contributed by atoms with Gasteiger partial charge in [-0.05, 0) is 25.1 Å². The highest BCUT2D eigenvalue weighted by molar-refractivity contribution is 6.27. The third-order valence-electron chi connectivity index (χ3n) is 3.88. The van der Waals surface area contributed by atoms with E-state index >= 15 is 0 Å². The van der Waals surface area contributed by atoms with Gasteiger partial charge >= 0.3 is 0 Å². The Balaban J connectivity index is 2.18. The van der Waals surface area contributed by atoms with Gasteiger partial charge in [-0.1, -0.05) is 26.0 Å². The summed E-state index contributed by atoms with van der Waals surface area (Å²) in [6.07, 6.45) is 0. The number of carbonyl (C=O) groups excluding carboxylic acids is 2. The zero-order valence-corrected chi connectivity index (χ0v) is 12.4. The molecule has 108 valence electrons. The lowest BCUT2D eigenvalue weighted by molar-refractivity contribution is -0.118. The van der Waals surface area contributed by atoms with Gasteiger partial charge < -0.3 is 10.2 Å². The van der Waals surface area contributed by atoms with E-state index in [1.807, 2.05) is 51.1 Å². The van der Waals surface area contributed by atoms with Crippen LogP contribution in [0.15, 0.2) is 30.3 Å². The van der Waals surface area contributed by atoms with Gasteiger partial charge in [0.15, 0.2) is 0 Å². The van der Waals surface area contributed by atoms with E-state index in [4.69, 9.17) is 0 Å². The molecular weight excluding hydrogens is 264 g/mol. The molecule has 0 spiro atoms. The van der Waals surface area contributed by atoms with Crippen molar-refractivity contribution in [3.63, 3.8) is 0 Å². The van der Waals surface area contributed by atoms with Crippen LogP contribution in [0.2, 0.25) is 0 Å². The second-order valence-electron chi connectivity index (χ2n) is 5.55. The Hall–Kier alpha value is -2.36. The maximum Gasteiger partial charge on any atom is 0.258 e. The highest BCUT2D eigenvalue weighted by Gasteiger charge is 2.29. The van der Waals surface area contributed by atoms with Crippen molar-refractivity contribution in [2.75, 3.05) is 16.8 Å². The number of anilines is 2. The first kappa shape index (κ1) is 13.6. The van der Waals surface area contributed by atoms with E-state index in [0.29, 0.717) is 12.1 Å². The predicted molar refractivity (Wildman–Crippen MR) is 84.8 cm³/mol. The SMILES string of the molecule is CCN1C(=O)c2cccc3c(NC(=O)C(C)C)ccc1c23. The average molecular weight is 282 g/mol. The summed E-state index contributed by atoms with van der Waals surface area (Å²) in [5.41, 5.74) is 2.40. The summed E-state index contributed by atoms with van der Waals surface area (Å²) in [4.78, 5) is 26.1. The fraction of sp³-hybridized carbons (Fsp3) is 0.294. The minimum absolute atomic E-state index is 0.0209. The Kier molecular flexibility index (Phi) is 3.16. The van der Waals surface area contributed by atoms with E-state index in [-0.39, 0.29) is 17.7 Å². The summed E-state index contributed by atoms with van der Waals surface area (Å²) < 4.78 is 0. The van der Waals surface area contributed by atoms with Crippen molar-refractivity contribution in [3.8, 4) is 0 Å². The topological polar surface area (TPSA) is 49.4 Å². The van der Waals surface area contributed by atoms with Crippen molar-refractivity contribution in [3.05, 3.63) is 35.9 Å². The van der Waals surface area contributed by atoms with Gasteiger partial charge in [-0.15, -0.1) is 0 Å². The van der Waals surface area contributed by atoms with Crippen LogP contribution < -0.4 is 10.2 Å². The first-order valence-electron chi connectivity index (χ1n) is 7.23. The summed E-state index contributed by atoms with van der Waals surface area (Å²) >= 11 is 0. The highest BCUT2D eigenvalue weighted by atomic mass is 16.2. The van der Waals surface area contributed by atoms with Gasteiger partial charge in [0.2, 0.25) is 5.91 Å². The van der Waals surface area contributed by atoms with Crippen molar-refractivity contribution >= 4 is 34.0 Å². The minimum atomic E-state index is -0.0817. The van der Waals surface area contributed by atoms with Crippen LogP contribution in [0.1, 0.15) is 31.1 Å². The van der Waals surface area contributed by atoms with Crippen molar-refractivity contribution < 1.29 is 9.59 Å². The molecule has 1 aliphatic rings. The van der Waals surface area contributed by atoms with Gasteiger partial charge in [0, 0.05) is 34.5 Å². The highest BCUT2D eigenvalue weighted by Crippen LogP contribution is 2.40. The van der Waals surface area contributed by atoms with Crippen LogP contribution in [-0.4, -0.2) is 18.4 Å². The van der Waals surface area contributed by atoms with E-state index in [0.717, 1.165) is 22.1 Å². The second-order valence-corrected chi connectivity index (χ2v) is 5.55. The van der Waals surface area contributed by atoms with Crippen molar-refractivity contribution in [2.24, 2.45) is 5.92 Å². The second kappa shape index (κ2) is 4.88. The van der Waals surface area contributed by atoms with Crippen LogP contribution >= 0.6 is 0 Å². The summed E-state index contributed by atoms with van der Waals surface area (Å²) in [7, 11) is 0. The van der Waals surface area contributed by atoms with Gasteiger partial charge in [-0.25, -0.2) is 0 Å². The molecule has 2 aromatic rings. The number of amides is 2. The molecule has 0 radical (unpaired) electrons. The molecular formula is C17H18N2O2. The smallest absolute Gasteiger partial charge is 0.258 e. The number of nitrogens with one attached hydrogen (secondary N) is 1. The largest absolute Gasteiger partial charge is 0.325 e. The Bertz CT molecular complexity index is 750. The number of rotatable bonds is 3. The molecule has 0 atom stereocenters. The van der Waals surface area contributed by atoms with Gasteiger partial charge in [0.05, 0.1) is 5.69 Å². The van der Waals surface area contributed by atoms with Crippen molar-refractivity contribution in [1.29, 1.82) is 0 Å². The molecule has 0 bridgehead atoms. The predicted octanol–water partition coefficient (Wildman–Crippen LogP) is 3.41. The fourth-order valence-corrected chi connectivity index (χ4v) is 2.75. The van der Waals surface area contributed by atoms with Crippen LogP contribution in [0.5, 0.6) is 0 Å². The molecule has 3 rings (SSSR count). The van der Waals surface area contributed by atoms with Crippen LogP contribution in [0.25, 0.3) is 10.8 Å². The third kappa shape index (κ3) is 1.98. The van der Waals surface area contributed by atoms with E-state index in [1.165, 1.54) is 0 Å². The quantitative estimate of drug-likeness (QED) is 0.937. The first-order valence-corrected chi connectivity index (χ1v) is 7.23. The molecule has 21 heavy (non-hydrogen) atoms. The number of hydrogen-bond acceptors (Lipinski definition) is 2. The van der Waals surface area contributed by atoms with E-state index in [1.54, 1.807) is 4.90 Å². The van der Waals surface area contributed by atoms with Crippen LogP contribution in [0.3, 0.4) is 0 Å². The first-order chi connectivity index (χ1) is 10.0. The van der Waals surface area contributed by atoms with Crippen molar-refractivity contribution in [1.82, 2.24) is 0 Å². The third-order valence-corrected chi connectivity index (χ3v) is 3.88. The maximum atomic E-state index is 12.4. The molecule has 1 aliphatic heterocycles. The summed E-state index contributed by atoms with van der Waals surface area (Å²) in [5, 5.41) is 4.80. The van der Waals surface area contributed by atoms with Gasteiger partial charge in [-0.2, -0.15) is 0 Å². The molecule has 0 saturated heterocycles. The van der Waals surface area contributed by atoms with E-state index in [9.17, 15) is 9.59 Å². The molecule has 4 heteroatoms. The summed E-state index contributed by atoms with van der Waals surface area (Å²) in [6.45, 7) is 6.32. The summed E-state index contributed by atoms with van der Waals surface area (Å²) in [6, 6.07) is 9.45. The Morgan fingerprint density at radius 1 is 1.24 bits per heavy atom. The minimum Gasteiger partial charge on any atom is -0.325 e. The molecule has 0 saturated carbocycles. The summed E-state index contributed by atoms with van der Waals surface area (Å²) in [5.74, 6) is -0.0698. The van der Waals surface area contributed by atoms with E-state index in [2.05, 4.69) is 5.32 Å². The number of benzene rings is 2. The molecule has 2 aromatic carbocycles. The Morgan fingerprint density at radius 2 is 2.00 bits per heavy atom. The van der Waals surface area contributed by atoms with Gasteiger partial charge in [0.25, 0.3) is 5.91 Å². The molecule has 0 aromatic heterocycles. The maximum absolute atomic E-state index is 12.4. The van der Waals surface area contributed by atoms with Gasteiger partial charge in [0.1, 0.15) is 0 Å². The lowest BCUT2D eigenvalue weighted by Gasteiger charge is -2.16. The lowest BCUT2D eigenvalue weighted by atomic mass is 10.0. The zero-order chi connectivity index (χ0) is 15.1. The zero-order valence-electron chi connectivity index (χ0n) is 12.4. The molecule has 1 heterocycles. The molecule has 2 amide bonds. The monoisotopic (exact) mass is 282 g/mol. The van der Waals surface area contributed by atoms with E-state index < -0.39 is 0 Å². The van der Waals surface area contributed by atoms with Crippen molar-refractivity contribution in [2.45, 2.75) is 20.8 Å². The van der Waals surface area contributed by atoms with Crippen LogP contribution in [0, 0.1) is 5.92 Å². The number of carbonyl (C=O) groups is 2. The average Bonchev–Trinajstić information content (AvgIpc) is 2.75. The molecule has 4 nitrogen and oxygen atoms in total. The normalized spacial score (nSPS) is 13.3.